The summed E-state index contributed by atoms with van der Waals surface area (Å²) in [6.45, 7) is 6.57. The third-order valence-corrected chi connectivity index (χ3v) is 5.24. The van der Waals surface area contributed by atoms with Gasteiger partial charge in [-0.2, -0.15) is 17.0 Å². The van der Waals surface area contributed by atoms with Gasteiger partial charge in [0, 0.05) is 32.7 Å². The van der Waals surface area contributed by atoms with Crippen LogP contribution < -0.4 is 5.73 Å². The van der Waals surface area contributed by atoms with Crippen molar-refractivity contribution in [2.75, 3.05) is 32.7 Å². The third kappa shape index (κ3) is 3.16. The fourth-order valence-electron chi connectivity index (χ4n) is 1.96. The van der Waals surface area contributed by atoms with Crippen molar-refractivity contribution in [3.8, 4) is 0 Å². The molecule has 96 valence electrons. The molecule has 0 aromatic rings. The van der Waals surface area contributed by atoms with Crippen molar-refractivity contribution in [1.82, 2.24) is 8.61 Å². The molecule has 0 aliphatic carbocycles. The van der Waals surface area contributed by atoms with E-state index in [-0.39, 0.29) is 0 Å². The molecule has 1 rings (SSSR count). The number of nitrogens with two attached hydrogens (primary N) is 1. The standard InChI is InChI=1S/C10H23N3O2S/c1-3-12(9-6-11)16(14,15)13-7-4-10(2)5-8-13/h10H,3-9,11H2,1-2H3. The highest BCUT2D eigenvalue weighted by Crippen LogP contribution is 2.20. The molecule has 0 unspecified atom stereocenters. The zero-order chi connectivity index (χ0) is 12.2. The topological polar surface area (TPSA) is 66.6 Å². The molecule has 0 amide bonds. The van der Waals surface area contributed by atoms with Gasteiger partial charge >= 0.3 is 0 Å². The van der Waals surface area contributed by atoms with Crippen molar-refractivity contribution in [3.63, 3.8) is 0 Å². The van der Waals surface area contributed by atoms with Crippen molar-refractivity contribution < 1.29 is 8.42 Å². The lowest BCUT2D eigenvalue weighted by atomic mass is 10.0. The predicted molar refractivity (Wildman–Crippen MR) is 65.2 cm³/mol. The third-order valence-electron chi connectivity index (χ3n) is 3.13. The second-order valence-electron chi connectivity index (χ2n) is 4.37. The summed E-state index contributed by atoms with van der Waals surface area (Å²) in [5.41, 5.74) is 5.43. The average molecular weight is 249 g/mol. The number of hydrogen-bond donors (Lipinski definition) is 1. The minimum atomic E-state index is -3.27. The minimum absolute atomic E-state index is 0.372. The highest BCUT2D eigenvalue weighted by atomic mass is 32.2. The SMILES string of the molecule is CCN(CCN)S(=O)(=O)N1CCC(C)CC1. The number of likely N-dealkylation sites (N-methyl/N-ethyl adjacent to an activating group) is 1. The van der Waals surface area contributed by atoms with Crippen LogP contribution in [0.4, 0.5) is 0 Å². The lowest BCUT2D eigenvalue weighted by Gasteiger charge is -2.33. The van der Waals surface area contributed by atoms with E-state index in [0.29, 0.717) is 38.6 Å². The first kappa shape index (κ1) is 13.9. The Morgan fingerprint density at radius 3 is 2.38 bits per heavy atom. The molecule has 1 aliphatic rings. The first-order chi connectivity index (χ1) is 7.52. The molecule has 5 nitrogen and oxygen atoms in total. The van der Waals surface area contributed by atoms with Crippen LogP contribution in [0, 0.1) is 5.92 Å². The monoisotopic (exact) mass is 249 g/mol. The summed E-state index contributed by atoms with van der Waals surface area (Å²) >= 11 is 0. The van der Waals surface area contributed by atoms with Crippen molar-refractivity contribution in [1.29, 1.82) is 0 Å². The number of hydrogen-bond acceptors (Lipinski definition) is 3. The highest BCUT2D eigenvalue weighted by molar-refractivity contribution is 7.86. The first-order valence-corrected chi connectivity index (χ1v) is 7.37. The second-order valence-corrected chi connectivity index (χ2v) is 6.30. The van der Waals surface area contributed by atoms with Gasteiger partial charge in [0.1, 0.15) is 0 Å². The van der Waals surface area contributed by atoms with Gasteiger partial charge in [-0.05, 0) is 18.8 Å². The van der Waals surface area contributed by atoms with Crippen LogP contribution in [0.5, 0.6) is 0 Å². The Balaban J connectivity index is 2.68. The van der Waals surface area contributed by atoms with E-state index in [0.717, 1.165) is 12.8 Å². The maximum atomic E-state index is 12.2. The first-order valence-electron chi connectivity index (χ1n) is 5.97. The highest BCUT2D eigenvalue weighted by Gasteiger charge is 2.30. The van der Waals surface area contributed by atoms with Gasteiger partial charge in [0.25, 0.3) is 10.2 Å². The molecule has 0 atom stereocenters. The molecule has 0 bridgehead atoms. The maximum Gasteiger partial charge on any atom is 0.282 e. The molecular weight excluding hydrogens is 226 g/mol. The zero-order valence-corrected chi connectivity index (χ0v) is 11.0. The van der Waals surface area contributed by atoms with E-state index >= 15 is 0 Å². The summed E-state index contributed by atoms with van der Waals surface area (Å²) in [6, 6.07) is 0. The van der Waals surface area contributed by atoms with Crippen LogP contribution in [0.25, 0.3) is 0 Å². The molecular formula is C10H23N3O2S. The van der Waals surface area contributed by atoms with Crippen molar-refractivity contribution in [2.24, 2.45) is 11.7 Å². The fourth-order valence-corrected chi connectivity index (χ4v) is 3.62. The van der Waals surface area contributed by atoms with Gasteiger partial charge in [-0.15, -0.1) is 0 Å². The van der Waals surface area contributed by atoms with Crippen LogP contribution in [-0.4, -0.2) is 49.8 Å². The van der Waals surface area contributed by atoms with Crippen molar-refractivity contribution >= 4 is 10.2 Å². The minimum Gasteiger partial charge on any atom is -0.329 e. The molecule has 6 heteroatoms. The van der Waals surface area contributed by atoms with Crippen LogP contribution in [0.3, 0.4) is 0 Å². The summed E-state index contributed by atoms with van der Waals surface area (Å²) in [7, 11) is -3.27. The van der Waals surface area contributed by atoms with Gasteiger partial charge in [-0.25, -0.2) is 0 Å². The molecule has 0 spiro atoms. The smallest absolute Gasteiger partial charge is 0.282 e. The van der Waals surface area contributed by atoms with Crippen molar-refractivity contribution in [2.45, 2.75) is 26.7 Å². The van der Waals surface area contributed by atoms with Crippen LogP contribution in [0.2, 0.25) is 0 Å². The van der Waals surface area contributed by atoms with Gasteiger partial charge in [0.15, 0.2) is 0 Å². The molecule has 0 aromatic heterocycles. The maximum absolute atomic E-state index is 12.2. The number of piperidine rings is 1. The van der Waals surface area contributed by atoms with Crippen molar-refractivity contribution in [3.05, 3.63) is 0 Å². The molecule has 2 N–H and O–H groups in total. The van der Waals surface area contributed by atoms with Crippen LogP contribution in [0.15, 0.2) is 0 Å². The number of nitrogens with zero attached hydrogens (tertiary/aromatic N) is 2. The van der Waals surface area contributed by atoms with E-state index < -0.39 is 10.2 Å². The number of rotatable bonds is 5. The predicted octanol–water partition coefficient (Wildman–Crippen LogP) is 0.244. The van der Waals surface area contributed by atoms with Gasteiger partial charge in [-0.1, -0.05) is 13.8 Å². The molecule has 1 heterocycles. The van der Waals surface area contributed by atoms with Crippen LogP contribution >= 0.6 is 0 Å². The largest absolute Gasteiger partial charge is 0.329 e. The Labute approximate surface area is 98.8 Å². The summed E-state index contributed by atoms with van der Waals surface area (Å²) in [6.07, 6.45) is 1.92. The van der Waals surface area contributed by atoms with E-state index in [1.807, 2.05) is 6.92 Å². The molecule has 16 heavy (non-hydrogen) atoms. The second kappa shape index (κ2) is 5.95. The molecule has 0 saturated carbocycles. The van der Waals surface area contributed by atoms with E-state index in [9.17, 15) is 8.42 Å². The molecule has 1 saturated heterocycles. The molecule has 0 aromatic carbocycles. The van der Waals surface area contributed by atoms with E-state index in [1.54, 1.807) is 4.31 Å². The lowest BCUT2D eigenvalue weighted by Crippen LogP contribution is -2.48. The Kier molecular flexibility index (Phi) is 5.17. The summed E-state index contributed by atoms with van der Waals surface area (Å²) in [5.74, 6) is 0.635. The average Bonchev–Trinajstić information content (AvgIpc) is 2.26. The van der Waals surface area contributed by atoms with Gasteiger partial charge in [0.05, 0.1) is 0 Å². The van der Waals surface area contributed by atoms with Crippen LogP contribution in [0.1, 0.15) is 26.7 Å². The van der Waals surface area contributed by atoms with E-state index in [2.05, 4.69) is 6.92 Å². The van der Waals surface area contributed by atoms with Gasteiger partial charge in [-0.3, -0.25) is 0 Å². The Hall–Kier alpha value is -0.170. The van der Waals surface area contributed by atoms with E-state index in [1.165, 1.54) is 4.31 Å². The van der Waals surface area contributed by atoms with E-state index in [4.69, 9.17) is 5.73 Å². The summed E-state index contributed by atoms with van der Waals surface area (Å²) in [4.78, 5) is 0. The Bertz CT molecular complexity index is 297. The van der Waals surface area contributed by atoms with Gasteiger partial charge in [0.2, 0.25) is 0 Å². The molecule has 1 fully saturated rings. The summed E-state index contributed by atoms with van der Waals surface area (Å²) in [5, 5.41) is 0. The zero-order valence-electron chi connectivity index (χ0n) is 10.2. The quantitative estimate of drug-likeness (QED) is 0.759. The fraction of sp³-hybridized carbons (Fsp3) is 1.00. The lowest BCUT2D eigenvalue weighted by molar-refractivity contribution is 0.266. The normalized spacial score (nSPS) is 20.5. The molecule has 0 radical (unpaired) electrons. The Morgan fingerprint density at radius 2 is 1.94 bits per heavy atom. The summed E-state index contributed by atoms with van der Waals surface area (Å²) < 4.78 is 27.5. The molecule has 1 aliphatic heterocycles. The van der Waals surface area contributed by atoms with Gasteiger partial charge < -0.3 is 5.73 Å². The van der Waals surface area contributed by atoms with Crippen LogP contribution in [-0.2, 0) is 10.2 Å². The Morgan fingerprint density at radius 1 is 1.38 bits per heavy atom.